The molecule has 25 heavy (non-hydrogen) atoms. The molecule has 1 aliphatic heterocycles. The van der Waals surface area contributed by atoms with Gasteiger partial charge in [0.1, 0.15) is 5.75 Å². The Morgan fingerprint density at radius 1 is 1.00 bits per heavy atom. The minimum absolute atomic E-state index is 0.0285. The number of carbonyl (C=O) groups excluding carboxylic acids is 1. The quantitative estimate of drug-likeness (QED) is 0.897. The van der Waals surface area contributed by atoms with Crippen LogP contribution < -0.4 is 4.90 Å². The Hall–Kier alpha value is -2.53. The lowest BCUT2D eigenvalue weighted by Crippen LogP contribution is -2.50. The third-order valence-electron chi connectivity index (χ3n) is 4.74. The van der Waals surface area contributed by atoms with Crippen LogP contribution in [0.3, 0.4) is 0 Å². The molecule has 1 heterocycles. The van der Waals surface area contributed by atoms with Crippen molar-refractivity contribution in [1.82, 2.24) is 4.90 Å². The molecular formula is C20H24N2O3. The second-order valence-corrected chi connectivity index (χ2v) is 6.70. The van der Waals surface area contributed by atoms with Gasteiger partial charge in [-0.2, -0.15) is 0 Å². The molecule has 0 spiro atoms. The lowest BCUT2D eigenvalue weighted by atomic mass is 9.92. The van der Waals surface area contributed by atoms with Gasteiger partial charge in [0.15, 0.2) is 0 Å². The fourth-order valence-corrected chi connectivity index (χ4v) is 3.18. The Morgan fingerprint density at radius 3 is 2.20 bits per heavy atom. The zero-order valence-corrected chi connectivity index (χ0v) is 14.4. The second kappa shape index (κ2) is 7.15. The molecule has 0 aromatic heterocycles. The summed E-state index contributed by atoms with van der Waals surface area (Å²) in [4.78, 5) is 16.6. The van der Waals surface area contributed by atoms with E-state index in [1.807, 2.05) is 47.4 Å². The van der Waals surface area contributed by atoms with Crippen molar-refractivity contribution in [3.8, 4) is 5.75 Å². The smallest absolute Gasteiger partial charge is 0.225 e. The van der Waals surface area contributed by atoms with E-state index in [-0.39, 0.29) is 18.1 Å². The summed E-state index contributed by atoms with van der Waals surface area (Å²) in [6.07, 6.45) is 0.0796. The molecule has 2 N–H and O–H groups in total. The first-order valence-corrected chi connectivity index (χ1v) is 8.55. The van der Waals surface area contributed by atoms with Crippen LogP contribution in [0.1, 0.15) is 18.9 Å². The summed E-state index contributed by atoms with van der Waals surface area (Å²) in [7, 11) is 0. The lowest BCUT2D eigenvalue weighted by Gasteiger charge is -2.37. The Labute approximate surface area is 148 Å². The normalized spacial score (nSPS) is 17.2. The third kappa shape index (κ3) is 4.12. The van der Waals surface area contributed by atoms with E-state index in [2.05, 4.69) is 4.90 Å². The maximum Gasteiger partial charge on any atom is 0.225 e. The maximum atomic E-state index is 12.6. The first-order valence-electron chi connectivity index (χ1n) is 8.55. The predicted octanol–water partition coefficient (Wildman–Crippen LogP) is 2.34. The molecule has 1 amide bonds. The van der Waals surface area contributed by atoms with Crippen LogP contribution in [0.25, 0.3) is 0 Å². The summed E-state index contributed by atoms with van der Waals surface area (Å²) in [6, 6.07) is 16.4. The van der Waals surface area contributed by atoms with Gasteiger partial charge in [0.2, 0.25) is 5.91 Å². The van der Waals surface area contributed by atoms with Crippen molar-refractivity contribution in [2.75, 3.05) is 31.1 Å². The molecule has 2 aromatic rings. The number of amides is 1. The van der Waals surface area contributed by atoms with Crippen LogP contribution in [0.2, 0.25) is 0 Å². The monoisotopic (exact) mass is 340 g/mol. The number of anilines is 1. The van der Waals surface area contributed by atoms with Gasteiger partial charge in [-0.3, -0.25) is 4.79 Å². The largest absolute Gasteiger partial charge is 0.508 e. The number of benzene rings is 2. The van der Waals surface area contributed by atoms with Gasteiger partial charge in [-0.15, -0.1) is 0 Å². The lowest BCUT2D eigenvalue weighted by molar-refractivity contribution is -0.136. The molecular weight excluding hydrogens is 316 g/mol. The van der Waals surface area contributed by atoms with Crippen molar-refractivity contribution < 1.29 is 15.0 Å². The van der Waals surface area contributed by atoms with Gasteiger partial charge in [-0.05, 0) is 36.8 Å². The topological polar surface area (TPSA) is 64.0 Å². The first kappa shape index (κ1) is 17.3. The summed E-state index contributed by atoms with van der Waals surface area (Å²) < 4.78 is 0. The summed E-state index contributed by atoms with van der Waals surface area (Å²) >= 11 is 0. The summed E-state index contributed by atoms with van der Waals surface area (Å²) in [5, 5.41) is 20.0. The summed E-state index contributed by atoms with van der Waals surface area (Å²) in [5.41, 5.74) is 0.638. The van der Waals surface area contributed by atoms with Crippen molar-refractivity contribution in [2.45, 2.75) is 18.9 Å². The molecule has 132 valence electrons. The molecule has 0 saturated carbocycles. The van der Waals surface area contributed by atoms with E-state index in [1.165, 1.54) is 0 Å². The van der Waals surface area contributed by atoms with Gasteiger partial charge in [0, 0.05) is 31.9 Å². The Kier molecular flexibility index (Phi) is 4.95. The molecule has 1 saturated heterocycles. The highest BCUT2D eigenvalue weighted by Crippen LogP contribution is 2.26. The van der Waals surface area contributed by atoms with Gasteiger partial charge in [0.25, 0.3) is 0 Å². The van der Waals surface area contributed by atoms with Crippen molar-refractivity contribution in [1.29, 1.82) is 0 Å². The molecule has 0 bridgehead atoms. The maximum absolute atomic E-state index is 12.6. The van der Waals surface area contributed by atoms with Crippen LogP contribution in [-0.2, 0) is 10.4 Å². The molecule has 1 unspecified atom stereocenters. The van der Waals surface area contributed by atoms with Crippen LogP contribution in [0.15, 0.2) is 54.6 Å². The number of aromatic hydroxyl groups is 1. The molecule has 1 atom stereocenters. The second-order valence-electron chi connectivity index (χ2n) is 6.70. The van der Waals surface area contributed by atoms with E-state index in [0.29, 0.717) is 13.1 Å². The number of phenolic OH excluding ortho intramolecular Hbond substituents is 1. The molecule has 5 heteroatoms. The van der Waals surface area contributed by atoms with Gasteiger partial charge in [-0.25, -0.2) is 0 Å². The minimum Gasteiger partial charge on any atom is -0.508 e. The average molecular weight is 340 g/mol. The Bertz CT molecular complexity index is 705. The van der Waals surface area contributed by atoms with Crippen LogP contribution >= 0.6 is 0 Å². The van der Waals surface area contributed by atoms with Gasteiger partial charge >= 0.3 is 0 Å². The van der Waals surface area contributed by atoms with E-state index < -0.39 is 5.60 Å². The standard InChI is InChI=1S/C20H24N2O3/c1-20(25,16-5-3-2-4-6-16)15-19(24)22-13-11-21(12-14-22)17-7-9-18(23)10-8-17/h2-10,23,25H,11-15H2,1H3. The third-order valence-corrected chi connectivity index (χ3v) is 4.74. The molecule has 0 radical (unpaired) electrons. The molecule has 5 nitrogen and oxygen atoms in total. The van der Waals surface area contributed by atoms with Crippen molar-refractivity contribution in [3.05, 3.63) is 60.2 Å². The highest BCUT2D eigenvalue weighted by Gasteiger charge is 2.30. The Morgan fingerprint density at radius 2 is 1.60 bits per heavy atom. The number of phenols is 1. The number of hydrogen-bond acceptors (Lipinski definition) is 4. The number of aliphatic hydroxyl groups is 1. The zero-order chi connectivity index (χ0) is 17.9. The van der Waals surface area contributed by atoms with E-state index in [9.17, 15) is 15.0 Å². The van der Waals surface area contributed by atoms with E-state index in [0.717, 1.165) is 24.3 Å². The van der Waals surface area contributed by atoms with Gasteiger partial charge < -0.3 is 20.0 Å². The van der Waals surface area contributed by atoms with Crippen LogP contribution in [0.5, 0.6) is 5.75 Å². The number of hydrogen-bond donors (Lipinski definition) is 2. The number of carbonyl (C=O) groups is 1. The first-order chi connectivity index (χ1) is 12.0. The fourth-order valence-electron chi connectivity index (χ4n) is 3.18. The van der Waals surface area contributed by atoms with Crippen LogP contribution in [0.4, 0.5) is 5.69 Å². The van der Waals surface area contributed by atoms with Crippen molar-refractivity contribution in [2.24, 2.45) is 0 Å². The predicted molar refractivity (Wildman–Crippen MR) is 97.5 cm³/mol. The fraction of sp³-hybridized carbons (Fsp3) is 0.350. The number of nitrogens with zero attached hydrogens (tertiary/aromatic N) is 2. The van der Waals surface area contributed by atoms with Gasteiger partial charge in [0.05, 0.1) is 12.0 Å². The minimum atomic E-state index is -1.16. The van der Waals surface area contributed by atoms with Crippen LogP contribution in [-0.4, -0.2) is 47.2 Å². The molecule has 3 rings (SSSR count). The molecule has 1 aliphatic rings. The van der Waals surface area contributed by atoms with Crippen molar-refractivity contribution >= 4 is 11.6 Å². The van der Waals surface area contributed by atoms with Gasteiger partial charge in [-0.1, -0.05) is 30.3 Å². The van der Waals surface area contributed by atoms with Crippen LogP contribution in [0, 0.1) is 0 Å². The Balaban J connectivity index is 1.57. The number of piperazine rings is 1. The molecule has 2 aromatic carbocycles. The SMILES string of the molecule is CC(O)(CC(=O)N1CCN(c2ccc(O)cc2)CC1)c1ccccc1. The summed E-state index contributed by atoms with van der Waals surface area (Å²) in [6.45, 7) is 4.43. The molecule has 1 fully saturated rings. The zero-order valence-electron chi connectivity index (χ0n) is 14.4. The van der Waals surface area contributed by atoms with Crippen molar-refractivity contribution in [3.63, 3.8) is 0 Å². The summed E-state index contributed by atoms with van der Waals surface area (Å²) in [5.74, 6) is 0.222. The average Bonchev–Trinajstić information content (AvgIpc) is 2.63. The van der Waals surface area contributed by atoms with E-state index in [4.69, 9.17) is 0 Å². The van der Waals surface area contributed by atoms with E-state index in [1.54, 1.807) is 19.1 Å². The number of rotatable bonds is 4. The van der Waals surface area contributed by atoms with E-state index >= 15 is 0 Å². The molecule has 0 aliphatic carbocycles. The highest BCUT2D eigenvalue weighted by atomic mass is 16.3. The highest BCUT2D eigenvalue weighted by molar-refractivity contribution is 5.78.